The minimum absolute atomic E-state index is 0.0636. The van der Waals surface area contributed by atoms with E-state index in [0.717, 1.165) is 0 Å². The third kappa shape index (κ3) is 5.93. The number of benzene rings is 1. The van der Waals surface area contributed by atoms with E-state index in [1.807, 2.05) is 0 Å². The molecule has 3 amide bonds. The van der Waals surface area contributed by atoms with Gasteiger partial charge in [-0.2, -0.15) is 0 Å². The highest BCUT2D eigenvalue weighted by Gasteiger charge is 2.29. The number of furan rings is 1. The van der Waals surface area contributed by atoms with Crippen LogP contribution in [0.1, 0.15) is 41.7 Å². The van der Waals surface area contributed by atoms with Crippen molar-refractivity contribution in [2.24, 2.45) is 11.7 Å². The number of ether oxygens (including phenoxy) is 1. The zero-order valence-electron chi connectivity index (χ0n) is 16.3. The van der Waals surface area contributed by atoms with Crippen LogP contribution in [0, 0.1) is 5.92 Å². The Morgan fingerprint density at radius 2 is 1.69 bits per heavy atom. The van der Waals surface area contributed by atoms with Crippen LogP contribution >= 0.6 is 0 Å². The van der Waals surface area contributed by atoms with Crippen LogP contribution in [0.25, 0.3) is 0 Å². The Hall–Kier alpha value is -3.62. The maximum Gasteiger partial charge on any atom is 0.329 e. The summed E-state index contributed by atoms with van der Waals surface area (Å²) in [6, 6.07) is 8.01. The fourth-order valence-electron chi connectivity index (χ4n) is 2.38. The average molecular weight is 401 g/mol. The molecule has 1 aromatic heterocycles. The van der Waals surface area contributed by atoms with Gasteiger partial charge in [0.1, 0.15) is 6.04 Å². The lowest BCUT2D eigenvalue weighted by atomic mass is 10.0. The number of carbonyl (C=O) groups excluding carboxylic acids is 4. The highest BCUT2D eigenvalue weighted by atomic mass is 16.5. The number of rotatable bonds is 8. The number of primary amides is 1. The predicted molar refractivity (Wildman–Crippen MR) is 104 cm³/mol. The lowest BCUT2D eigenvalue weighted by molar-refractivity contribution is -0.156. The molecule has 0 saturated carbocycles. The highest BCUT2D eigenvalue weighted by Crippen LogP contribution is 2.12. The van der Waals surface area contributed by atoms with Gasteiger partial charge in [0, 0.05) is 11.3 Å². The van der Waals surface area contributed by atoms with Crippen molar-refractivity contribution in [3.63, 3.8) is 0 Å². The minimum atomic E-state index is -1.11. The van der Waals surface area contributed by atoms with E-state index in [0.29, 0.717) is 11.3 Å². The van der Waals surface area contributed by atoms with Crippen LogP contribution in [0.15, 0.2) is 47.1 Å². The first kappa shape index (κ1) is 21.7. The van der Waals surface area contributed by atoms with E-state index in [4.69, 9.17) is 14.9 Å². The van der Waals surface area contributed by atoms with E-state index in [9.17, 15) is 19.2 Å². The molecule has 0 spiro atoms. The maximum absolute atomic E-state index is 12.5. The fourth-order valence-corrected chi connectivity index (χ4v) is 2.38. The molecule has 0 aliphatic rings. The van der Waals surface area contributed by atoms with Crippen molar-refractivity contribution in [2.75, 3.05) is 5.32 Å². The lowest BCUT2D eigenvalue weighted by Gasteiger charge is -2.22. The van der Waals surface area contributed by atoms with Crippen LogP contribution in [0.2, 0.25) is 0 Å². The van der Waals surface area contributed by atoms with E-state index in [1.54, 1.807) is 19.9 Å². The van der Waals surface area contributed by atoms with Crippen molar-refractivity contribution < 1.29 is 28.3 Å². The monoisotopic (exact) mass is 401 g/mol. The van der Waals surface area contributed by atoms with Gasteiger partial charge < -0.3 is 25.5 Å². The van der Waals surface area contributed by atoms with Gasteiger partial charge in [0.2, 0.25) is 5.91 Å². The summed E-state index contributed by atoms with van der Waals surface area (Å²) in [6.45, 7) is 4.88. The van der Waals surface area contributed by atoms with Crippen LogP contribution in [-0.2, 0) is 14.3 Å². The number of carbonyl (C=O) groups is 4. The third-order valence-corrected chi connectivity index (χ3v) is 4.05. The molecule has 0 aliphatic carbocycles. The molecule has 9 heteroatoms. The first-order chi connectivity index (χ1) is 13.7. The summed E-state index contributed by atoms with van der Waals surface area (Å²) in [7, 11) is 0. The van der Waals surface area contributed by atoms with Crippen LogP contribution in [-0.4, -0.2) is 35.8 Å². The van der Waals surface area contributed by atoms with Gasteiger partial charge in [-0.25, -0.2) is 4.79 Å². The molecule has 0 fully saturated rings. The summed E-state index contributed by atoms with van der Waals surface area (Å²) < 4.78 is 10.2. The second kappa shape index (κ2) is 9.54. The van der Waals surface area contributed by atoms with E-state index in [1.165, 1.54) is 43.5 Å². The molecule has 154 valence electrons. The average Bonchev–Trinajstić information content (AvgIpc) is 3.20. The van der Waals surface area contributed by atoms with Crippen molar-refractivity contribution in [3.05, 3.63) is 54.0 Å². The summed E-state index contributed by atoms with van der Waals surface area (Å²) in [5.74, 6) is -2.66. The second-order valence-electron chi connectivity index (χ2n) is 6.68. The van der Waals surface area contributed by atoms with Gasteiger partial charge in [-0.15, -0.1) is 0 Å². The van der Waals surface area contributed by atoms with Crippen molar-refractivity contribution in [1.29, 1.82) is 0 Å². The quantitative estimate of drug-likeness (QED) is 0.575. The smallest absolute Gasteiger partial charge is 0.329 e. The molecule has 1 heterocycles. The third-order valence-electron chi connectivity index (χ3n) is 4.05. The van der Waals surface area contributed by atoms with Gasteiger partial charge >= 0.3 is 5.97 Å². The summed E-state index contributed by atoms with van der Waals surface area (Å²) in [5.41, 5.74) is 5.88. The largest absolute Gasteiger partial charge is 0.459 e. The van der Waals surface area contributed by atoms with Crippen molar-refractivity contribution in [3.8, 4) is 0 Å². The van der Waals surface area contributed by atoms with E-state index >= 15 is 0 Å². The molecule has 9 nitrogen and oxygen atoms in total. The van der Waals surface area contributed by atoms with Crippen LogP contribution in [0.5, 0.6) is 0 Å². The topological polar surface area (TPSA) is 141 Å². The molecular formula is C20H23N3O6. The van der Waals surface area contributed by atoms with Gasteiger partial charge in [-0.1, -0.05) is 13.8 Å². The van der Waals surface area contributed by atoms with E-state index in [2.05, 4.69) is 10.6 Å². The minimum Gasteiger partial charge on any atom is -0.459 e. The Morgan fingerprint density at radius 1 is 1.03 bits per heavy atom. The number of hydrogen-bond donors (Lipinski definition) is 3. The first-order valence-corrected chi connectivity index (χ1v) is 8.94. The van der Waals surface area contributed by atoms with Gasteiger partial charge in [0.05, 0.1) is 6.26 Å². The maximum atomic E-state index is 12.5. The van der Waals surface area contributed by atoms with Crippen LogP contribution in [0.4, 0.5) is 5.69 Å². The number of nitrogens with two attached hydrogens (primary N) is 1. The Labute approximate surface area is 167 Å². The standard InChI is InChI=1S/C20H23N3O6/c1-11(2)16(23-19(26)15-5-4-10-28-15)20(27)29-12(3)18(25)22-14-8-6-13(7-9-14)17(21)24/h4-12,16H,1-3H3,(H2,21,24)(H,22,25)(H,23,26)/t12-,16+/m1/s1. The zero-order chi connectivity index (χ0) is 21.6. The zero-order valence-corrected chi connectivity index (χ0v) is 16.3. The number of nitrogens with one attached hydrogen (secondary N) is 2. The van der Waals surface area contributed by atoms with Gasteiger partial charge in [-0.05, 0) is 49.2 Å². The summed E-state index contributed by atoms with van der Waals surface area (Å²) in [6.07, 6.45) is 0.236. The van der Waals surface area contributed by atoms with E-state index in [-0.39, 0.29) is 11.7 Å². The Balaban J connectivity index is 1.96. The molecule has 0 saturated heterocycles. The summed E-state index contributed by atoms with van der Waals surface area (Å²) >= 11 is 0. The molecule has 2 atom stereocenters. The molecule has 0 radical (unpaired) electrons. The normalized spacial score (nSPS) is 12.7. The Kier molecular flexibility index (Phi) is 7.13. The molecule has 2 rings (SSSR count). The highest BCUT2D eigenvalue weighted by molar-refractivity contribution is 5.98. The summed E-state index contributed by atoms with van der Waals surface area (Å²) in [5, 5.41) is 5.12. The molecule has 2 aromatic rings. The molecule has 0 aliphatic heterocycles. The van der Waals surface area contributed by atoms with Crippen molar-refractivity contribution in [2.45, 2.75) is 32.9 Å². The van der Waals surface area contributed by atoms with Crippen LogP contribution < -0.4 is 16.4 Å². The molecule has 0 unspecified atom stereocenters. The summed E-state index contributed by atoms with van der Waals surface area (Å²) in [4.78, 5) is 48.0. The second-order valence-corrected chi connectivity index (χ2v) is 6.68. The van der Waals surface area contributed by atoms with Crippen LogP contribution in [0.3, 0.4) is 0 Å². The molecule has 1 aromatic carbocycles. The molecular weight excluding hydrogens is 378 g/mol. The van der Waals surface area contributed by atoms with Gasteiger partial charge in [-0.3, -0.25) is 14.4 Å². The lowest BCUT2D eigenvalue weighted by Crippen LogP contribution is -2.47. The Bertz CT molecular complexity index is 874. The van der Waals surface area contributed by atoms with Crippen molar-refractivity contribution >= 4 is 29.4 Å². The SMILES string of the molecule is CC(C)[C@H](NC(=O)c1ccco1)C(=O)O[C@H](C)C(=O)Nc1ccc(C(N)=O)cc1. The van der Waals surface area contributed by atoms with Gasteiger partial charge in [0.25, 0.3) is 11.8 Å². The number of amides is 3. The van der Waals surface area contributed by atoms with Crippen molar-refractivity contribution in [1.82, 2.24) is 5.32 Å². The molecule has 4 N–H and O–H groups in total. The number of anilines is 1. The number of hydrogen-bond acceptors (Lipinski definition) is 6. The predicted octanol–water partition coefficient (Wildman–Crippen LogP) is 1.70. The molecule has 0 bridgehead atoms. The first-order valence-electron chi connectivity index (χ1n) is 8.94. The number of esters is 1. The van der Waals surface area contributed by atoms with E-state index < -0.39 is 35.8 Å². The van der Waals surface area contributed by atoms with Gasteiger partial charge in [0.15, 0.2) is 11.9 Å². The Morgan fingerprint density at radius 3 is 2.21 bits per heavy atom. The molecule has 29 heavy (non-hydrogen) atoms. The fraction of sp³-hybridized carbons (Fsp3) is 0.300.